The van der Waals surface area contributed by atoms with Gasteiger partial charge >= 0.3 is 0 Å². The second-order valence-electron chi connectivity index (χ2n) is 7.61. The van der Waals surface area contributed by atoms with Gasteiger partial charge in [0.2, 0.25) is 0 Å². The van der Waals surface area contributed by atoms with E-state index in [-0.39, 0.29) is 29.3 Å². The number of nitrogens with zero attached hydrogens (tertiary/aromatic N) is 4. The molecule has 3 aromatic heterocycles. The summed E-state index contributed by atoms with van der Waals surface area (Å²) in [5.41, 5.74) is 7.67. The SMILES string of the molecule is CN[C@H]1COCC[C@H]1Nc1nc(Nc2cncc(-n3cc(C)cn3)c2)c(C(N)=O)cc1F. The molecule has 4 heterocycles. The summed E-state index contributed by atoms with van der Waals surface area (Å²) in [5.74, 6) is -1.30. The van der Waals surface area contributed by atoms with Crippen LogP contribution in [0.5, 0.6) is 0 Å². The number of hydrogen-bond donors (Lipinski definition) is 4. The van der Waals surface area contributed by atoms with Crippen LogP contribution >= 0.6 is 0 Å². The first kappa shape index (κ1) is 21.7. The van der Waals surface area contributed by atoms with Gasteiger partial charge in [0.25, 0.3) is 5.91 Å². The van der Waals surface area contributed by atoms with Gasteiger partial charge in [-0.25, -0.2) is 14.1 Å². The Labute approximate surface area is 184 Å². The number of amides is 1. The van der Waals surface area contributed by atoms with Crippen molar-refractivity contribution in [1.29, 1.82) is 0 Å². The number of primary amides is 1. The second-order valence-corrected chi connectivity index (χ2v) is 7.61. The number of likely N-dealkylation sites (N-methyl/N-ethyl adjacent to an activating group) is 1. The summed E-state index contributed by atoms with van der Waals surface area (Å²) in [6.45, 7) is 3.01. The molecule has 0 aromatic carbocycles. The minimum absolute atomic E-state index is 0.00409. The molecule has 3 aromatic rings. The van der Waals surface area contributed by atoms with Crippen molar-refractivity contribution in [3.05, 3.63) is 53.9 Å². The van der Waals surface area contributed by atoms with E-state index < -0.39 is 11.7 Å². The molecular weight excluding hydrogens is 415 g/mol. The Morgan fingerprint density at radius 3 is 2.81 bits per heavy atom. The Balaban J connectivity index is 1.64. The van der Waals surface area contributed by atoms with E-state index in [1.165, 1.54) is 0 Å². The molecule has 0 spiro atoms. The number of rotatable bonds is 7. The van der Waals surface area contributed by atoms with Crippen LogP contribution in [0.1, 0.15) is 22.3 Å². The first-order chi connectivity index (χ1) is 15.4. The Bertz CT molecular complexity index is 1120. The molecule has 1 aliphatic rings. The van der Waals surface area contributed by atoms with Gasteiger partial charge in [0.1, 0.15) is 5.82 Å². The number of pyridine rings is 2. The van der Waals surface area contributed by atoms with Crippen molar-refractivity contribution in [1.82, 2.24) is 25.1 Å². The lowest BCUT2D eigenvalue weighted by molar-refractivity contribution is 0.0656. The zero-order valence-corrected chi connectivity index (χ0v) is 17.8. The van der Waals surface area contributed by atoms with E-state index in [9.17, 15) is 9.18 Å². The van der Waals surface area contributed by atoms with Crippen molar-refractivity contribution in [2.75, 3.05) is 30.9 Å². The van der Waals surface area contributed by atoms with Crippen molar-refractivity contribution in [2.24, 2.45) is 5.73 Å². The van der Waals surface area contributed by atoms with E-state index in [0.717, 1.165) is 11.6 Å². The lowest BCUT2D eigenvalue weighted by Gasteiger charge is -2.32. The molecule has 5 N–H and O–H groups in total. The molecule has 2 atom stereocenters. The highest BCUT2D eigenvalue weighted by Crippen LogP contribution is 2.26. The predicted molar refractivity (Wildman–Crippen MR) is 118 cm³/mol. The summed E-state index contributed by atoms with van der Waals surface area (Å²) in [5, 5.41) is 13.6. The topological polar surface area (TPSA) is 132 Å². The molecular formula is C21H25FN8O2. The van der Waals surface area contributed by atoms with E-state index in [1.54, 1.807) is 29.3 Å². The molecule has 10 nitrogen and oxygen atoms in total. The van der Waals surface area contributed by atoms with E-state index in [4.69, 9.17) is 10.5 Å². The molecule has 0 radical (unpaired) electrons. The highest BCUT2D eigenvalue weighted by Gasteiger charge is 2.26. The number of halogens is 1. The summed E-state index contributed by atoms with van der Waals surface area (Å²) in [7, 11) is 1.82. The fraction of sp³-hybridized carbons (Fsp3) is 0.333. The van der Waals surface area contributed by atoms with Crippen molar-refractivity contribution < 1.29 is 13.9 Å². The average molecular weight is 440 g/mol. The zero-order chi connectivity index (χ0) is 22.7. The fourth-order valence-electron chi connectivity index (χ4n) is 3.56. The summed E-state index contributed by atoms with van der Waals surface area (Å²) in [4.78, 5) is 20.5. The quantitative estimate of drug-likeness (QED) is 0.437. The number of carbonyl (C=O) groups excluding carboxylic acids is 1. The zero-order valence-electron chi connectivity index (χ0n) is 17.8. The van der Waals surface area contributed by atoms with Crippen molar-refractivity contribution in [2.45, 2.75) is 25.4 Å². The van der Waals surface area contributed by atoms with Crippen molar-refractivity contribution in [3.8, 4) is 5.69 Å². The number of hydrogen-bond acceptors (Lipinski definition) is 8. The number of carbonyl (C=O) groups is 1. The van der Waals surface area contributed by atoms with Crippen LogP contribution in [0.25, 0.3) is 5.69 Å². The van der Waals surface area contributed by atoms with Crippen LogP contribution in [0.3, 0.4) is 0 Å². The standard InChI is InChI=1S/C21H25FN8O2/c1-12-7-26-30(10-12)14-5-13(8-25-9-14)27-20-15(19(23)31)6-16(22)21(29-20)28-17-3-4-32-11-18(17)24-2/h5-10,17-18,24H,3-4,11H2,1-2H3,(H2,23,31)(H2,27,28,29)/t17-,18+/m1/s1. The average Bonchev–Trinajstić information content (AvgIpc) is 3.22. The number of nitrogens with one attached hydrogen (secondary N) is 3. The van der Waals surface area contributed by atoms with Gasteiger partial charge in [-0.2, -0.15) is 5.10 Å². The van der Waals surface area contributed by atoms with Crippen LogP contribution < -0.4 is 21.7 Å². The number of aromatic nitrogens is 4. The summed E-state index contributed by atoms with van der Waals surface area (Å²) in [6.07, 6.45) is 7.50. The van der Waals surface area contributed by atoms with Gasteiger partial charge in [0.05, 0.1) is 48.2 Å². The Morgan fingerprint density at radius 2 is 2.09 bits per heavy atom. The van der Waals surface area contributed by atoms with Crippen molar-refractivity contribution >= 4 is 23.2 Å². The second kappa shape index (κ2) is 9.28. The Morgan fingerprint density at radius 1 is 1.25 bits per heavy atom. The lowest BCUT2D eigenvalue weighted by atomic mass is 10.0. The van der Waals surface area contributed by atoms with Gasteiger partial charge < -0.3 is 26.4 Å². The van der Waals surface area contributed by atoms with Gasteiger partial charge in [0, 0.05) is 18.8 Å². The van der Waals surface area contributed by atoms with E-state index in [0.29, 0.717) is 31.0 Å². The van der Waals surface area contributed by atoms with Gasteiger partial charge in [-0.05, 0) is 38.1 Å². The molecule has 0 bridgehead atoms. The third kappa shape index (κ3) is 4.68. The van der Waals surface area contributed by atoms with Crippen LogP contribution in [0, 0.1) is 12.7 Å². The maximum absolute atomic E-state index is 14.8. The number of aryl methyl sites for hydroxylation is 1. The monoisotopic (exact) mass is 440 g/mol. The Kier molecular flexibility index (Phi) is 6.28. The molecule has 0 saturated carbocycles. The largest absolute Gasteiger partial charge is 0.380 e. The smallest absolute Gasteiger partial charge is 0.252 e. The van der Waals surface area contributed by atoms with Gasteiger partial charge in [-0.1, -0.05) is 0 Å². The molecule has 1 fully saturated rings. The predicted octanol–water partition coefficient (Wildman–Crippen LogP) is 1.74. The molecule has 4 rings (SSSR count). The molecule has 168 valence electrons. The van der Waals surface area contributed by atoms with Crippen LogP contribution in [0.2, 0.25) is 0 Å². The molecule has 0 aliphatic carbocycles. The van der Waals surface area contributed by atoms with Crippen LogP contribution in [0.4, 0.5) is 21.7 Å². The molecule has 1 saturated heterocycles. The molecule has 11 heteroatoms. The van der Waals surface area contributed by atoms with E-state index >= 15 is 0 Å². The van der Waals surface area contributed by atoms with Crippen LogP contribution in [-0.2, 0) is 4.74 Å². The first-order valence-corrected chi connectivity index (χ1v) is 10.2. The van der Waals surface area contributed by atoms with Crippen LogP contribution in [-0.4, -0.2) is 58.0 Å². The van der Waals surface area contributed by atoms with Crippen LogP contribution in [0.15, 0.2) is 36.9 Å². The Hall–Kier alpha value is -3.57. The van der Waals surface area contributed by atoms with E-state index in [2.05, 4.69) is 31.0 Å². The van der Waals surface area contributed by atoms with Crippen molar-refractivity contribution in [3.63, 3.8) is 0 Å². The molecule has 32 heavy (non-hydrogen) atoms. The van der Waals surface area contributed by atoms with Gasteiger partial charge in [-0.15, -0.1) is 0 Å². The lowest BCUT2D eigenvalue weighted by Crippen LogP contribution is -2.49. The maximum atomic E-state index is 14.8. The number of ether oxygens (including phenoxy) is 1. The minimum Gasteiger partial charge on any atom is -0.380 e. The third-order valence-corrected chi connectivity index (χ3v) is 5.25. The third-order valence-electron chi connectivity index (χ3n) is 5.25. The van der Waals surface area contributed by atoms with Gasteiger partial charge in [0.15, 0.2) is 11.6 Å². The fourth-order valence-corrected chi connectivity index (χ4v) is 3.56. The normalized spacial score (nSPS) is 18.3. The number of anilines is 3. The summed E-state index contributed by atoms with van der Waals surface area (Å²) < 4.78 is 21.9. The first-order valence-electron chi connectivity index (χ1n) is 10.2. The summed E-state index contributed by atoms with van der Waals surface area (Å²) >= 11 is 0. The highest BCUT2D eigenvalue weighted by molar-refractivity contribution is 5.98. The van der Waals surface area contributed by atoms with Gasteiger partial charge in [-0.3, -0.25) is 9.78 Å². The molecule has 1 aliphatic heterocycles. The number of nitrogens with two attached hydrogens (primary N) is 1. The molecule has 0 unspecified atom stereocenters. The summed E-state index contributed by atoms with van der Waals surface area (Å²) in [6, 6.07) is 2.78. The highest BCUT2D eigenvalue weighted by atomic mass is 19.1. The minimum atomic E-state index is -0.795. The maximum Gasteiger partial charge on any atom is 0.252 e. The molecule has 1 amide bonds. The van der Waals surface area contributed by atoms with E-state index in [1.807, 2.05) is 20.2 Å².